The quantitative estimate of drug-likeness (QED) is 0.476. The van der Waals surface area contributed by atoms with Crippen molar-refractivity contribution in [1.29, 1.82) is 0 Å². The third-order valence-electron chi connectivity index (χ3n) is 4.48. The highest BCUT2D eigenvalue weighted by molar-refractivity contribution is 6.31. The van der Waals surface area contributed by atoms with Crippen molar-refractivity contribution in [1.82, 2.24) is 0 Å². The molecule has 0 aliphatic heterocycles. The minimum Gasteiger partial charge on any atom is -0.484 e. The fraction of sp³-hybridized carbons (Fsp3) is 0.130. The van der Waals surface area contributed by atoms with Gasteiger partial charge >= 0.3 is 6.18 Å². The maximum Gasteiger partial charge on any atom is 0.416 e. The van der Waals surface area contributed by atoms with Crippen molar-refractivity contribution in [2.45, 2.75) is 13.1 Å². The van der Waals surface area contributed by atoms with Crippen LogP contribution in [-0.2, 0) is 11.0 Å². The molecule has 166 valence electrons. The summed E-state index contributed by atoms with van der Waals surface area (Å²) in [7, 11) is 0. The fourth-order valence-electron chi connectivity index (χ4n) is 2.76. The number of rotatable bonds is 6. The molecular formula is C23H18ClF3N2O3. The van der Waals surface area contributed by atoms with Crippen LogP contribution in [0, 0.1) is 6.92 Å². The first-order chi connectivity index (χ1) is 15.1. The highest BCUT2D eigenvalue weighted by Crippen LogP contribution is 2.30. The Kier molecular flexibility index (Phi) is 7.05. The van der Waals surface area contributed by atoms with Crippen molar-refractivity contribution in [2.75, 3.05) is 17.2 Å². The Hall–Kier alpha value is -3.52. The molecule has 3 aromatic carbocycles. The molecule has 0 atom stereocenters. The molecule has 2 amide bonds. The molecule has 32 heavy (non-hydrogen) atoms. The van der Waals surface area contributed by atoms with Crippen LogP contribution in [0.3, 0.4) is 0 Å². The van der Waals surface area contributed by atoms with Crippen LogP contribution >= 0.6 is 11.6 Å². The van der Waals surface area contributed by atoms with Crippen LogP contribution in [0.5, 0.6) is 5.75 Å². The summed E-state index contributed by atoms with van der Waals surface area (Å²) in [6, 6.07) is 15.6. The second kappa shape index (κ2) is 9.74. The van der Waals surface area contributed by atoms with E-state index < -0.39 is 24.3 Å². The number of anilines is 2. The van der Waals surface area contributed by atoms with Crippen molar-refractivity contribution in [3.8, 4) is 5.75 Å². The van der Waals surface area contributed by atoms with Crippen LogP contribution in [0.15, 0.2) is 66.7 Å². The lowest BCUT2D eigenvalue weighted by Gasteiger charge is -2.11. The van der Waals surface area contributed by atoms with Crippen molar-refractivity contribution in [2.24, 2.45) is 0 Å². The summed E-state index contributed by atoms with van der Waals surface area (Å²) in [4.78, 5) is 24.4. The molecule has 0 fully saturated rings. The summed E-state index contributed by atoms with van der Waals surface area (Å²) >= 11 is 6.05. The molecule has 0 radical (unpaired) electrons. The second-order valence-corrected chi connectivity index (χ2v) is 7.21. The van der Waals surface area contributed by atoms with Gasteiger partial charge in [-0.15, -0.1) is 0 Å². The monoisotopic (exact) mass is 462 g/mol. The van der Waals surface area contributed by atoms with Gasteiger partial charge in [0.25, 0.3) is 11.8 Å². The normalized spacial score (nSPS) is 11.0. The van der Waals surface area contributed by atoms with Gasteiger partial charge < -0.3 is 15.4 Å². The van der Waals surface area contributed by atoms with Gasteiger partial charge in [-0.05, 0) is 67.1 Å². The van der Waals surface area contributed by atoms with E-state index in [0.717, 1.165) is 17.7 Å². The van der Waals surface area contributed by atoms with Crippen molar-refractivity contribution >= 4 is 34.8 Å². The van der Waals surface area contributed by atoms with Crippen LogP contribution in [0.25, 0.3) is 0 Å². The van der Waals surface area contributed by atoms with Gasteiger partial charge in [0.05, 0.1) is 5.56 Å². The Labute approximate surface area is 187 Å². The molecule has 0 spiro atoms. The zero-order valence-electron chi connectivity index (χ0n) is 16.8. The maximum atomic E-state index is 12.8. The molecule has 9 heteroatoms. The zero-order valence-corrected chi connectivity index (χ0v) is 17.6. The van der Waals surface area contributed by atoms with E-state index >= 15 is 0 Å². The number of carbonyl (C=O) groups excluding carboxylic acids is 2. The van der Waals surface area contributed by atoms with Crippen molar-refractivity contribution in [3.05, 3.63) is 88.4 Å². The van der Waals surface area contributed by atoms with Crippen LogP contribution < -0.4 is 15.4 Å². The second-order valence-electron chi connectivity index (χ2n) is 6.81. The molecule has 0 unspecified atom stereocenters. The zero-order chi connectivity index (χ0) is 23.3. The van der Waals surface area contributed by atoms with E-state index in [9.17, 15) is 22.8 Å². The smallest absolute Gasteiger partial charge is 0.416 e. The number of ether oxygens (including phenoxy) is 1. The van der Waals surface area contributed by atoms with Gasteiger partial charge in [-0.1, -0.05) is 23.7 Å². The van der Waals surface area contributed by atoms with Gasteiger partial charge in [0.15, 0.2) is 6.61 Å². The molecule has 2 N–H and O–H groups in total. The number of benzene rings is 3. The summed E-state index contributed by atoms with van der Waals surface area (Å²) < 4.78 is 43.6. The Morgan fingerprint density at radius 2 is 1.66 bits per heavy atom. The van der Waals surface area contributed by atoms with Gasteiger partial charge in [0.2, 0.25) is 0 Å². The van der Waals surface area contributed by atoms with Crippen LogP contribution in [-0.4, -0.2) is 18.4 Å². The summed E-state index contributed by atoms with van der Waals surface area (Å²) in [6.45, 7) is 1.38. The van der Waals surface area contributed by atoms with E-state index in [-0.39, 0.29) is 11.6 Å². The van der Waals surface area contributed by atoms with E-state index in [1.165, 1.54) is 36.4 Å². The molecule has 0 saturated heterocycles. The van der Waals surface area contributed by atoms with Crippen LogP contribution in [0.4, 0.5) is 24.5 Å². The lowest BCUT2D eigenvalue weighted by atomic mass is 10.1. The van der Waals surface area contributed by atoms with Crippen molar-refractivity contribution < 1.29 is 27.5 Å². The molecule has 0 heterocycles. The van der Waals surface area contributed by atoms with Gasteiger partial charge in [-0.3, -0.25) is 9.59 Å². The SMILES string of the molecule is Cc1c(Cl)cccc1NC(=O)c1ccc(OCC(=O)Nc2cccc(C(F)(F)F)c2)cc1. The van der Waals surface area contributed by atoms with E-state index in [2.05, 4.69) is 10.6 Å². The molecular weight excluding hydrogens is 445 g/mol. The van der Waals surface area contributed by atoms with Crippen LogP contribution in [0.2, 0.25) is 5.02 Å². The first-order valence-corrected chi connectivity index (χ1v) is 9.78. The van der Waals surface area contributed by atoms with Gasteiger partial charge in [0, 0.05) is 22.0 Å². The molecule has 0 bridgehead atoms. The predicted molar refractivity (Wildman–Crippen MR) is 116 cm³/mol. The molecule has 0 aliphatic rings. The van der Waals surface area contributed by atoms with Gasteiger partial charge in [0.1, 0.15) is 5.75 Å². The molecule has 3 aromatic rings. The highest BCUT2D eigenvalue weighted by Gasteiger charge is 2.30. The molecule has 0 aromatic heterocycles. The van der Waals surface area contributed by atoms with Gasteiger partial charge in [-0.25, -0.2) is 0 Å². The third-order valence-corrected chi connectivity index (χ3v) is 4.89. The number of amides is 2. The Morgan fingerprint density at radius 3 is 2.34 bits per heavy atom. The molecule has 3 rings (SSSR count). The Morgan fingerprint density at radius 1 is 0.969 bits per heavy atom. The molecule has 0 aliphatic carbocycles. The first-order valence-electron chi connectivity index (χ1n) is 9.40. The predicted octanol–water partition coefficient (Wildman–Crippen LogP) is 5.94. The summed E-state index contributed by atoms with van der Waals surface area (Å²) in [5, 5.41) is 5.66. The number of hydrogen-bond acceptors (Lipinski definition) is 3. The fourth-order valence-corrected chi connectivity index (χ4v) is 2.93. The minimum atomic E-state index is -4.50. The summed E-state index contributed by atoms with van der Waals surface area (Å²) in [5.74, 6) is -0.647. The topological polar surface area (TPSA) is 67.4 Å². The van der Waals surface area contributed by atoms with E-state index in [1.54, 1.807) is 25.1 Å². The average molecular weight is 463 g/mol. The van der Waals surface area contributed by atoms with E-state index in [1.807, 2.05) is 0 Å². The summed E-state index contributed by atoms with van der Waals surface area (Å²) in [5.41, 5.74) is 0.850. The van der Waals surface area contributed by atoms with Gasteiger partial charge in [-0.2, -0.15) is 13.2 Å². The first kappa shape index (κ1) is 23.1. The lowest BCUT2D eigenvalue weighted by Crippen LogP contribution is -2.20. The minimum absolute atomic E-state index is 0.0109. The third kappa shape index (κ3) is 6.01. The number of carbonyl (C=O) groups is 2. The largest absolute Gasteiger partial charge is 0.484 e. The van der Waals surface area contributed by atoms with E-state index in [4.69, 9.17) is 16.3 Å². The van der Waals surface area contributed by atoms with E-state index in [0.29, 0.717) is 22.0 Å². The van der Waals surface area contributed by atoms with Crippen LogP contribution in [0.1, 0.15) is 21.5 Å². The molecule has 5 nitrogen and oxygen atoms in total. The number of nitrogens with one attached hydrogen (secondary N) is 2. The van der Waals surface area contributed by atoms with Crippen molar-refractivity contribution in [3.63, 3.8) is 0 Å². The summed E-state index contributed by atoms with van der Waals surface area (Å²) in [6.07, 6.45) is -4.50. The Bertz CT molecular complexity index is 1130. The number of halogens is 4. The Balaban J connectivity index is 1.55. The maximum absolute atomic E-state index is 12.8. The highest BCUT2D eigenvalue weighted by atomic mass is 35.5. The number of alkyl halides is 3. The average Bonchev–Trinajstić information content (AvgIpc) is 2.75. The lowest BCUT2D eigenvalue weighted by molar-refractivity contribution is -0.137. The molecule has 0 saturated carbocycles. The number of hydrogen-bond donors (Lipinski definition) is 2. The standard InChI is InChI=1S/C23H18ClF3N2O3/c1-14-19(24)6-3-7-20(14)29-22(31)15-8-10-18(11-9-15)32-13-21(30)28-17-5-2-4-16(12-17)23(25,26)27/h2-12H,13H2,1H3,(H,28,30)(H,29,31).